The van der Waals surface area contributed by atoms with E-state index in [1.165, 1.54) is 7.11 Å². The topological polar surface area (TPSA) is 92.3 Å². The summed E-state index contributed by atoms with van der Waals surface area (Å²) in [6.07, 6.45) is 0.765. The van der Waals surface area contributed by atoms with Gasteiger partial charge in [0, 0.05) is 13.7 Å². The van der Waals surface area contributed by atoms with Crippen molar-refractivity contribution in [1.29, 1.82) is 0 Å². The minimum atomic E-state index is -0.508. The van der Waals surface area contributed by atoms with E-state index in [9.17, 15) is 4.79 Å². The van der Waals surface area contributed by atoms with E-state index in [2.05, 4.69) is 15.0 Å². The molecule has 0 aromatic carbocycles. The smallest absolute Gasteiger partial charge is 0.360 e. The molecule has 1 rings (SSSR count). The third-order valence-corrected chi connectivity index (χ3v) is 2.07. The summed E-state index contributed by atoms with van der Waals surface area (Å²) in [6, 6.07) is 0. The van der Waals surface area contributed by atoms with Crippen LogP contribution in [0.25, 0.3) is 0 Å². The Morgan fingerprint density at radius 3 is 2.81 bits per heavy atom. The minimum Gasteiger partial charge on any atom is -0.464 e. The van der Waals surface area contributed by atoms with Crippen molar-refractivity contribution in [3.63, 3.8) is 0 Å². The van der Waals surface area contributed by atoms with Crippen LogP contribution in [0.2, 0.25) is 0 Å². The predicted molar refractivity (Wildman–Crippen MR) is 55.7 cm³/mol. The first-order valence-corrected chi connectivity index (χ1v) is 4.94. The van der Waals surface area contributed by atoms with Crippen molar-refractivity contribution in [2.75, 3.05) is 20.8 Å². The average Bonchev–Trinajstić information content (AvgIpc) is 2.69. The number of ether oxygens (including phenoxy) is 2. The summed E-state index contributed by atoms with van der Waals surface area (Å²) in [5.74, 6) is -0.508. The van der Waals surface area contributed by atoms with Crippen molar-refractivity contribution >= 4 is 5.97 Å². The van der Waals surface area contributed by atoms with Crippen molar-refractivity contribution in [3.8, 4) is 0 Å². The summed E-state index contributed by atoms with van der Waals surface area (Å²) in [5.41, 5.74) is 6.22. The molecular formula is C9H16N4O3. The molecule has 1 aromatic heterocycles. The van der Waals surface area contributed by atoms with E-state index >= 15 is 0 Å². The lowest BCUT2D eigenvalue weighted by atomic mass is 10.3. The minimum absolute atomic E-state index is 0.196. The van der Waals surface area contributed by atoms with E-state index in [4.69, 9.17) is 10.5 Å². The maximum atomic E-state index is 11.4. The molecular weight excluding hydrogens is 212 g/mol. The van der Waals surface area contributed by atoms with E-state index in [-0.39, 0.29) is 12.3 Å². The molecule has 0 saturated carbocycles. The summed E-state index contributed by atoms with van der Waals surface area (Å²) >= 11 is 0. The van der Waals surface area contributed by atoms with E-state index in [0.717, 1.165) is 6.42 Å². The lowest BCUT2D eigenvalue weighted by Gasteiger charge is -2.05. The molecule has 0 unspecified atom stereocenters. The van der Waals surface area contributed by atoms with Gasteiger partial charge in [-0.15, -0.1) is 5.10 Å². The summed E-state index contributed by atoms with van der Waals surface area (Å²) in [5, 5.41) is 7.65. The Balaban J connectivity index is 2.92. The van der Waals surface area contributed by atoms with Crippen molar-refractivity contribution in [1.82, 2.24) is 15.0 Å². The van der Waals surface area contributed by atoms with Gasteiger partial charge in [0.25, 0.3) is 0 Å². The molecule has 0 aliphatic carbocycles. The van der Waals surface area contributed by atoms with Crippen molar-refractivity contribution < 1.29 is 14.3 Å². The number of hydrogen-bond donors (Lipinski definition) is 1. The molecule has 0 spiro atoms. The predicted octanol–water partition coefficient (Wildman–Crippen LogP) is -0.440. The highest BCUT2D eigenvalue weighted by Crippen LogP contribution is 2.08. The zero-order valence-electron chi connectivity index (χ0n) is 9.47. The third-order valence-electron chi connectivity index (χ3n) is 2.07. The van der Waals surface area contributed by atoms with Crippen LogP contribution < -0.4 is 5.73 Å². The van der Waals surface area contributed by atoms with E-state index in [1.54, 1.807) is 11.8 Å². The highest BCUT2D eigenvalue weighted by Gasteiger charge is 2.19. The third kappa shape index (κ3) is 2.77. The number of carbonyl (C=O) groups is 1. The number of aromatic nitrogens is 3. The Labute approximate surface area is 93.5 Å². The highest BCUT2D eigenvalue weighted by molar-refractivity contribution is 5.88. The molecule has 0 atom stereocenters. The van der Waals surface area contributed by atoms with Crippen LogP contribution in [0.15, 0.2) is 0 Å². The SMILES string of the molecule is COCc1c(C(=O)OC)nnn1CCCN. The van der Waals surface area contributed by atoms with Crippen LogP contribution in [-0.4, -0.2) is 41.7 Å². The molecule has 0 radical (unpaired) electrons. The van der Waals surface area contributed by atoms with Gasteiger partial charge in [-0.1, -0.05) is 5.21 Å². The highest BCUT2D eigenvalue weighted by atomic mass is 16.5. The molecule has 0 amide bonds. The number of carbonyl (C=O) groups excluding carboxylic acids is 1. The van der Waals surface area contributed by atoms with Gasteiger partial charge in [0.1, 0.15) is 0 Å². The number of rotatable bonds is 6. The summed E-state index contributed by atoms with van der Waals surface area (Å²) in [4.78, 5) is 11.4. The van der Waals surface area contributed by atoms with E-state index in [0.29, 0.717) is 18.8 Å². The monoisotopic (exact) mass is 228 g/mol. The van der Waals surface area contributed by atoms with E-state index in [1.807, 2.05) is 0 Å². The van der Waals surface area contributed by atoms with Crippen molar-refractivity contribution in [2.45, 2.75) is 19.6 Å². The maximum Gasteiger partial charge on any atom is 0.360 e. The van der Waals surface area contributed by atoms with Crippen LogP contribution in [0.5, 0.6) is 0 Å². The molecule has 0 bridgehead atoms. The van der Waals surface area contributed by atoms with Crippen molar-refractivity contribution in [2.24, 2.45) is 5.73 Å². The van der Waals surface area contributed by atoms with Gasteiger partial charge in [-0.3, -0.25) is 0 Å². The summed E-state index contributed by atoms with van der Waals surface area (Å²) in [6.45, 7) is 1.43. The molecule has 16 heavy (non-hydrogen) atoms. The van der Waals surface area contributed by atoms with Crippen LogP contribution in [-0.2, 0) is 22.6 Å². The zero-order valence-corrected chi connectivity index (χ0v) is 9.47. The van der Waals surface area contributed by atoms with Gasteiger partial charge in [-0.25, -0.2) is 9.48 Å². The molecule has 1 aromatic rings. The number of nitrogens with zero attached hydrogens (tertiary/aromatic N) is 3. The fraction of sp³-hybridized carbons (Fsp3) is 0.667. The maximum absolute atomic E-state index is 11.4. The average molecular weight is 228 g/mol. The quantitative estimate of drug-likeness (QED) is 0.663. The molecule has 2 N–H and O–H groups in total. The fourth-order valence-electron chi connectivity index (χ4n) is 1.29. The first-order chi connectivity index (χ1) is 7.74. The van der Waals surface area contributed by atoms with Crippen LogP contribution in [0.3, 0.4) is 0 Å². The number of nitrogens with two attached hydrogens (primary N) is 1. The number of esters is 1. The number of aryl methyl sites for hydroxylation is 1. The van der Waals surface area contributed by atoms with Crippen LogP contribution in [0.4, 0.5) is 0 Å². The van der Waals surface area contributed by atoms with E-state index < -0.39 is 5.97 Å². The van der Waals surface area contributed by atoms with Gasteiger partial charge in [0.05, 0.1) is 19.4 Å². The first kappa shape index (κ1) is 12.6. The second-order valence-corrected chi connectivity index (χ2v) is 3.17. The van der Waals surface area contributed by atoms with Crippen molar-refractivity contribution in [3.05, 3.63) is 11.4 Å². The van der Waals surface area contributed by atoms with Gasteiger partial charge in [-0.05, 0) is 13.0 Å². The molecule has 0 aliphatic heterocycles. The lowest BCUT2D eigenvalue weighted by Crippen LogP contribution is -2.12. The number of methoxy groups -OCH3 is 2. The standard InChI is InChI=1S/C9H16N4O3/c1-15-6-7-8(9(14)16-2)11-12-13(7)5-3-4-10/h3-6,10H2,1-2H3. The summed E-state index contributed by atoms with van der Waals surface area (Å²) in [7, 11) is 2.85. The van der Waals surface area contributed by atoms with Gasteiger partial charge in [0.2, 0.25) is 0 Å². The number of hydrogen-bond acceptors (Lipinski definition) is 6. The Kier molecular flexibility index (Phi) is 4.87. The first-order valence-electron chi connectivity index (χ1n) is 4.94. The van der Waals surface area contributed by atoms with Gasteiger partial charge >= 0.3 is 5.97 Å². The summed E-state index contributed by atoms with van der Waals surface area (Å²) < 4.78 is 11.2. The largest absolute Gasteiger partial charge is 0.464 e. The molecule has 90 valence electrons. The molecule has 0 aliphatic rings. The van der Waals surface area contributed by atoms with Gasteiger partial charge in [-0.2, -0.15) is 0 Å². The zero-order chi connectivity index (χ0) is 12.0. The second-order valence-electron chi connectivity index (χ2n) is 3.17. The van der Waals surface area contributed by atoms with Crippen LogP contribution in [0, 0.1) is 0 Å². The lowest BCUT2D eigenvalue weighted by molar-refractivity contribution is 0.0588. The van der Waals surface area contributed by atoms with Crippen LogP contribution >= 0.6 is 0 Å². The van der Waals surface area contributed by atoms with Gasteiger partial charge in [0.15, 0.2) is 5.69 Å². The van der Waals surface area contributed by atoms with Crippen LogP contribution in [0.1, 0.15) is 22.6 Å². The normalized spacial score (nSPS) is 10.4. The fourth-order valence-corrected chi connectivity index (χ4v) is 1.29. The molecule has 0 fully saturated rings. The molecule has 7 nitrogen and oxygen atoms in total. The second kappa shape index (κ2) is 6.19. The Bertz CT molecular complexity index is 351. The molecule has 0 saturated heterocycles. The molecule has 7 heteroatoms. The Hall–Kier alpha value is -1.47. The Morgan fingerprint density at radius 2 is 2.25 bits per heavy atom. The Morgan fingerprint density at radius 1 is 1.50 bits per heavy atom. The van der Waals surface area contributed by atoms with Gasteiger partial charge < -0.3 is 15.2 Å². The molecule has 1 heterocycles.